The van der Waals surface area contributed by atoms with Crippen LogP contribution in [-0.4, -0.2) is 92.8 Å². The summed E-state index contributed by atoms with van der Waals surface area (Å²) in [6.45, 7) is 1.59. The summed E-state index contributed by atoms with van der Waals surface area (Å²) in [5.41, 5.74) is 0.306. The first-order valence-electron chi connectivity index (χ1n) is 11.0. The fraction of sp³-hybridized carbons (Fsp3) is 0.417. The second kappa shape index (κ2) is 8.15. The Balaban J connectivity index is 2.04. The Morgan fingerprint density at radius 1 is 1.14 bits per heavy atom. The number of aliphatic hydroxyl groups is 4. The van der Waals surface area contributed by atoms with E-state index < -0.39 is 87.4 Å². The molecule has 0 fully saturated rings. The molecule has 0 aliphatic heterocycles. The molecule has 7 N–H and O–H groups in total. The van der Waals surface area contributed by atoms with Gasteiger partial charge in [0.1, 0.15) is 28.4 Å². The Bertz CT molecular complexity index is 1300. The lowest BCUT2D eigenvalue weighted by molar-refractivity contribution is -0.162. The molecule has 12 nitrogen and oxygen atoms in total. The van der Waals surface area contributed by atoms with Crippen LogP contribution < -0.4 is 5.73 Å². The van der Waals surface area contributed by atoms with Gasteiger partial charge >= 0.3 is 5.97 Å². The maximum Gasteiger partial charge on any atom is 0.341 e. The number of benzene rings is 1. The number of nitrogens with zero attached hydrogens (tertiary/aromatic N) is 1. The molecular formula is C24H26N2O10. The number of hydrogen-bond donors (Lipinski definition) is 6. The average Bonchev–Trinajstić information content (AvgIpc) is 2.80. The maximum atomic E-state index is 13.6. The summed E-state index contributed by atoms with van der Waals surface area (Å²) in [5.74, 6) is -11.0. The number of hydrogen-bond acceptors (Lipinski definition) is 11. The van der Waals surface area contributed by atoms with Gasteiger partial charge in [-0.15, -0.1) is 0 Å². The molecule has 4 rings (SSSR count). The highest BCUT2D eigenvalue weighted by Gasteiger charge is 2.67. The van der Waals surface area contributed by atoms with E-state index in [1.165, 1.54) is 31.1 Å². The van der Waals surface area contributed by atoms with Crippen LogP contribution in [0.2, 0.25) is 0 Å². The van der Waals surface area contributed by atoms with Crippen molar-refractivity contribution in [3.63, 3.8) is 0 Å². The Kier molecular flexibility index (Phi) is 5.74. The number of ether oxygens (including phenoxy) is 1. The summed E-state index contributed by atoms with van der Waals surface area (Å²) in [6.07, 6.45) is -1.69. The number of phenolic OH excluding ortho intramolecular Hbond substituents is 1. The molecule has 3 aliphatic carbocycles. The second-order valence-electron chi connectivity index (χ2n) is 9.47. The van der Waals surface area contributed by atoms with Crippen LogP contribution in [0.3, 0.4) is 0 Å². The van der Waals surface area contributed by atoms with Crippen molar-refractivity contribution in [1.82, 2.24) is 4.90 Å². The van der Waals surface area contributed by atoms with Gasteiger partial charge in [0.05, 0.1) is 30.7 Å². The molecule has 0 spiro atoms. The predicted octanol–water partition coefficient (Wildman–Crippen LogP) is -0.561. The molecule has 12 heteroatoms. The largest absolute Gasteiger partial charge is 0.510 e. The summed E-state index contributed by atoms with van der Waals surface area (Å²) >= 11 is 0. The van der Waals surface area contributed by atoms with E-state index in [0.717, 1.165) is 7.11 Å². The molecule has 36 heavy (non-hydrogen) atoms. The van der Waals surface area contributed by atoms with Crippen molar-refractivity contribution >= 4 is 23.4 Å². The van der Waals surface area contributed by atoms with E-state index in [1.54, 1.807) is 6.92 Å². The molecule has 0 radical (unpaired) electrons. The molecule has 0 bridgehead atoms. The van der Waals surface area contributed by atoms with Crippen molar-refractivity contribution in [3.8, 4) is 5.75 Å². The van der Waals surface area contributed by atoms with Gasteiger partial charge in [0.2, 0.25) is 5.78 Å². The van der Waals surface area contributed by atoms with E-state index in [4.69, 9.17) is 5.73 Å². The van der Waals surface area contributed by atoms with Crippen molar-refractivity contribution in [2.45, 2.75) is 30.6 Å². The zero-order valence-corrected chi connectivity index (χ0v) is 19.8. The normalized spacial score (nSPS) is 31.7. The van der Waals surface area contributed by atoms with Crippen molar-refractivity contribution in [2.75, 3.05) is 21.2 Å². The van der Waals surface area contributed by atoms with E-state index in [0.29, 0.717) is 0 Å². The Morgan fingerprint density at radius 2 is 1.75 bits per heavy atom. The number of carbonyl (C=O) groups is 4. The van der Waals surface area contributed by atoms with Crippen molar-refractivity contribution in [2.24, 2.45) is 17.6 Å². The number of fused-ring (bicyclic) bond motifs is 3. The number of nitrogens with two attached hydrogens (primary N) is 1. The van der Waals surface area contributed by atoms with Gasteiger partial charge in [-0.1, -0.05) is 13.0 Å². The Hall–Kier alpha value is -3.74. The minimum atomic E-state index is -3.00. The van der Waals surface area contributed by atoms with Crippen LogP contribution in [0.4, 0.5) is 0 Å². The van der Waals surface area contributed by atoms with Gasteiger partial charge in [-0.25, -0.2) is 4.79 Å². The summed E-state index contributed by atoms with van der Waals surface area (Å²) in [7, 11) is 3.99. The van der Waals surface area contributed by atoms with Crippen molar-refractivity contribution < 1.29 is 49.4 Å². The number of Topliss-reactive ketones (excluding diaryl/α,β-unsaturated/α-hetero) is 2. The van der Waals surface area contributed by atoms with E-state index >= 15 is 0 Å². The van der Waals surface area contributed by atoms with Crippen LogP contribution in [0.15, 0.2) is 34.8 Å². The molecule has 1 aromatic rings. The molecule has 0 aromatic heterocycles. The molecule has 2 unspecified atom stereocenters. The number of likely N-dealkylation sites (N-methyl/N-ethyl adjacent to an activating group) is 1. The van der Waals surface area contributed by atoms with Crippen LogP contribution in [0.5, 0.6) is 5.75 Å². The standard InChI is InChI=1S/C24H26N2O10/c1-7-8-5-6-9(23(34)36-4)16(27)11(8)17(28)12-10(7)18(29)14-15(26(2)3)19(30)13(22(25)33)21(32)24(14,35)20(12)31/h5-7,10,14-15,18,27,29-31,35H,1-4H3,(H2,25,33)/t7-,10?,14?,15-,18-,24-/m0/s1. The quantitative estimate of drug-likeness (QED) is 0.228. The van der Waals surface area contributed by atoms with Gasteiger partial charge in [0.15, 0.2) is 11.4 Å². The van der Waals surface area contributed by atoms with Crippen LogP contribution in [0, 0.1) is 11.8 Å². The number of esters is 1. The minimum Gasteiger partial charge on any atom is -0.510 e. The number of aliphatic hydroxyl groups excluding tert-OH is 3. The first-order chi connectivity index (χ1) is 16.7. The molecule has 0 heterocycles. The van der Waals surface area contributed by atoms with Crippen molar-refractivity contribution in [1.29, 1.82) is 0 Å². The number of aromatic hydroxyl groups is 1. The number of rotatable bonds is 3. The lowest BCUT2D eigenvalue weighted by Crippen LogP contribution is -2.68. The zero-order chi connectivity index (χ0) is 27.0. The summed E-state index contributed by atoms with van der Waals surface area (Å²) in [4.78, 5) is 52.4. The predicted molar refractivity (Wildman–Crippen MR) is 121 cm³/mol. The third kappa shape index (κ3) is 2.98. The Morgan fingerprint density at radius 3 is 2.28 bits per heavy atom. The first kappa shape index (κ1) is 25.4. The average molecular weight is 502 g/mol. The van der Waals surface area contributed by atoms with Gasteiger partial charge in [-0.05, 0) is 31.6 Å². The number of carbonyl (C=O) groups excluding carboxylic acids is 4. The van der Waals surface area contributed by atoms with Gasteiger partial charge in [-0.3, -0.25) is 19.3 Å². The zero-order valence-electron chi connectivity index (χ0n) is 19.8. The fourth-order valence-electron chi connectivity index (χ4n) is 5.90. The highest BCUT2D eigenvalue weighted by Crippen LogP contribution is 2.55. The van der Waals surface area contributed by atoms with E-state index in [9.17, 15) is 44.7 Å². The van der Waals surface area contributed by atoms with Crippen LogP contribution >= 0.6 is 0 Å². The molecule has 6 atom stereocenters. The smallest absolute Gasteiger partial charge is 0.341 e. The third-order valence-electron chi connectivity index (χ3n) is 7.54. The molecule has 3 aliphatic rings. The number of primary amides is 1. The maximum absolute atomic E-state index is 13.6. The monoisotopic (exact) mass is 502 g/mol. The topological polar surface area (TPSA) is 208 Å². The van der Waals surface area contributed by atoms with Gasteiger partial charge in [0.25, 0.3) is 5.91 Å². The lowest BCUT2D eigenvalue weighted by Gasteiger charge is -2.53. The minimum absolute atomic E-state index is 0.248. The summed E-state index contributed by atoms with van der Waals surface area (Å²) < 4.78 is 4.62. The molecular weight excluding hydrogens is 476 g/mol. The summed E-state index contributed by atoms with van der Waals surface area (Å²) in [6, 6.07) is 1.32. The fourth-order valence-corrected chi connectivity index (χ4v) is 5.90. The number of ketones is 2. The lowest BCUT2D eigenvalue weighted by atomic mass is 9.55. The van der Waals surface area contributed by atoms with Gasteiger partial charge in [-0.2, -0.15) is 0 Å². The van der Waals surface area contributed by atoms with Crippen LogP contribution in [0.1, 0.15) is 39.1 Å². The highest BCUT2D eigenvalue weighted by molar-refractivity contribution is 6.25. The SMILES string of the molecule is COC(=O)c1ccc2c(c1O)C(=O)C1=C(O)[C@]3(O)C(=O)C(C(N)=O)=C(O)[C@@H](N(C)C)C3[C@@H](O)C1[C@H]2C. The Labute approximate surface area is 204 Å². The van der Waals surface area contributed by atoms with Gasteiger partial charge < -0.3 is 36.0 Å². The second-order valence-corrected chi connectivity index (χ2v) is 9.47. The molecule has 0 saturated carbocycles. The van der Waals surface area contributed by atoms with Crippen LogP contribution in [0.25, 0.3) is 0 Å². The molecule has 1 amide bonds. The molecule has 192 valence electrons. The first-order valence-corrected chi connectivity index (χ1v) is 11.0. The number of phenols is 1. The molecule has 1 aromatic carbocycles. The summed E-state index contributed by atoms with van der Waals surface area (Å²) in [5, 5.41) is 55.9. The number of methoxy groups -OCH3 is 1. The highest BCUT2D eigenvalue weighted by atomic mass is 16.5. The van der Waals surface area contributed by atoms with Gasteiger partial charge in [0, 0.05) is 11.5 Å². The number of amides is 1. The molecule has 0 saturated heterocycles. The van der Waals surface area contributed by atoms with Crippen molar-refractivity contribution in [3.05, 3.63) is 51.5 Å². The van der Waals surface area contributed by atoms with E-state index in [-0.39, 0.29) is 16.7 Å². The van der Waals surface area contributed by atoms with Crippen LogP contribution in [-0.2, 0) is 14.3 Å². The third-order valence-corrected chi connectivity index (χ3v) is 7.54. The van der Waals surface area contributed by atoms with E-state index in [2.05, 4.69) is 4.74 Å². The van der Waals surface area contributed by atoms with E-state index in [1.807, 2.05) is 0 Å².